The van der Waals surface area contributed by atoms with Crippen molar-refractivity contribution in [2.24, 2.45) is 0 Å². The number of aryl methyl sites for hydroxylation is 2. The summed E-state index contributed by atoms with van der Waals surface area (Å²) in [5, 5.41) is 0. The van der Waals surface area contributed by atoms with Gasteiger partial charge in [-0.3, -0.25) is 4.79 Å². The maximum absolute atomic E-state index is 14.3. The van der Waals surface area contributed by atoms with E-state index in [1.807, 2.05) is 36.4 Å². The van der Waals surface area contributed by atoms with E-state index in [4.69, 9.17) is 9.72 Å². The van der Waals surface area contributed by atoms with Crippen LogP contribution in [0.15, 0.2) is 66.7 Å². The quantitative estimate of drug-likeness (QED) is 0.401. The van der Waals surface area contributed by atoms with Crippen LogP contribution in [0.3, 0.4) is 0 Å². The molecule has 1 aromatic heterocycles. The summed E-state index contributed by atoms with van der Waals surface area (Å²) in [4.78, 5) is 19.2. The van der Waals surface area contributed by atoms with Crippen LogP contribution < -0.4 is 9.64 Å². The molecule has 0 spiro atoms. The Hall–Kier alpha value is -3.67. The number of carbonyl (C=O) groups is 1. The fourth-order valence-electron chi connectivity index (χ4n) is 4.70. The molecule has 6 heteroatoms. The maximum Gasteiger partial charge on any atom is 0.227 e. The lowest BCUT2D eigenvalue weighted by atomic mass is 10.1. The Kier molecular flexibility index (Phi) is 5.58. The number of aromatic nitrogens is 2. The van der Waals surface area contributed by atoms with E-state index in [1.165, 1.54) is 11.0 Å². The first-order chi connectivity index (χ1) is 16.0. The molecule has 0 aliphatic carbocycles. The standard InChI is InChI=1S/C27H26FN3O2/c1-18-13-19(2)15-21(14-18)33-12-11-30-25-10-6-4-8-23(25)29-27(30)20-16-26(32)31(17-20)24-9-5-3-7-22(24)28/h3-10,13-15,20H,11-12,16-17H2,1-2H3/t20-/m1/s1. The van der Waals surface area contributed by atoms with E-state index in [0.29, 0.717) is 31.8 Å². The van der Waals surface area contributed by atoms with Gasteiger partial charge >= 0.3 is 0 Å². The normalized spacial score (nSPS) is 16.0. The largest absolute Gasteiger partial charge is 0.492 e. The molecule has 1 atom stereocenters. The molecule has 1 aliphatic heterocycles. The Morgan fingerprint density at radius 1 is 1.03 bits per heavy atom. The van der Waals surface area contributed by atoms with Crippen molar-refractivity contribution in [3.63, 3.8) is 0 Å². The average Bonchev–Trinajstić information content (AvgIpc) is 3.34. The van der Waals surface area contributed by atoms with Crippen molar-refractivity contribution < 1.29 is 13.9 Å². The second kappa shape index (κ2) is 8.70. The molecule has 4 aromatic rings. The van der Waals surface area contributed by atoms with Gasteiger partial charge in [-0.1, -0.05) is 30.3 Å². The molecule has 0 unspecified atom stereocenters. The molecule has 1 aliphatic rings. The fraction of sp³-hybridized carbons (Fsp3) is 0.259. The topological polar surface area (TPSA) is 47.4 Å². The van der Waals surface area contributed by atoms with Crippen molar-refractivity contribution in [3.05, 3.63) is 89.5 Å². The number of rotatable bonds is 6. The zero-order valence-electron chi connectivity index (χ0n) is 18.8. The number of hydrogen-bond acceptors (Lipinski definition) is 3. The Morgan fingerprint density at radius 3 is 2.55 bits per heavy atom. The van der Waals surface area contributed by atoms with Crippen molar-refractivity contribution >= 4 is 22.6 Å². The lowest BCUT2D eigenvalue weighted by Gasteiger charge is -2.18. The van der Waals surface area contributed by atoms with Gasteiger partial charge in [-0.05, 0) is 61.4 Å². The number of carbonyl (C=O) groups excluding carboxylic acids is 1. The van der Waals surface area contributed by atoms with Gasteiger partial charge in [0, 0.05) is 18.9 Å². The summed E-state index contributed by atoms with van der Waals surface area (Å²) in [5.41, 5.74) is 4.54. The zero-order chi connectivity index (χ0) is 22.9. The van der Waals surface area contributed by atoms with Crippen LogP contribution in [-0.2, 0) is 11.3 Å². The molecule has 3 aromatic carbocycles. The molecule has 33 heavy (non-hydrogen) atoms. The fourth-order valence-corrected chi connectivity index (χ4v) is 4.70. The molecule has 2 heterocycles. The zero-order valence-corrected chi connectivity index (χ0v) is 18.8. The molecule has 1 saturated heterocycles. The third-order valence-corrected chi connectivity index (χ3v) is 6.10. The minimum Gasteiger partial charge on any atom is -0.492 e. The average molecular weight is 444 g/mol. The minimum absolute atomic E-state index is 0.0878. The summed E-state index contributed by atoms with van der Waals surface area (Å²) < 4.78 is 22.5. The number of benzene rings is 3. The Balaban J connectivity index is 1.41. The molecule has 0 N–H and O–H groups in total. The number of anilines is 1. The molecule has 1 amide bonds. The van der Waals surface area contributed by atoms with E-state index in [-0.39, 0.29) is 17.6 Å². The highest BCUT2D eigenvalue weighted by molar-refractivity contribution is 5.96. The van der Waals surface area contributed by atoms with Crippen molar-refractivity contribution in [2.45, 2.75) is 32.7 Å². The van der Waals surface area contributed by atoms with Gasteiger partial charge in [0.1, 0.15) is 24.0 Å². The molecule has 0 radical (unpaired) electrons. The lowest BCUT2D eigenvalue weighted by Crippen LogP contribution is -2.25. The summed E-state index contributed by atoms with van der Waals surface area (Å²) in [5.74, 6) is 1.09. The third-order valence-electron chi connectivity index (χ3n) is 6.10. The molecule has 5 rings (SSSR count). The van der Waals surface area contributed by atoms with E-state index >= 15 is 0 Å². The molecule has 0 bridgehead atoms. The monoisotopic (exact) mass is 443 g/mol. The highest BCUT2D eigenvalue weighted by Crippen LogP contribution is 2.34. The second-order valence-corrected chi connectivity index (χ2v) is 8.64. The molecule has 168 valence electrons. The summed E-state index contributed by atoms with van der Waals surface area (Å²) in [6.45, 7) is 5.60. The SMILES string of the molecule is Cc1cc(C)cc(OCCn2c([C@@H]3CC(=O)N(c4ccccc4F)C3)nc3ccccc32)c1. The van der Waals surface area contributed by atoms with Gasteiger partial charge in [-0.25, -0.2) is 9.37 Å². The van der Waals surface area contributed by atoms with Crippen LogP contribution in [0, 0.1) is 19.7 Å². The van der Waals surface area contributed by atoms with Gasteiger partial charge in [0.15, 0.2) is 0 Å². The highest BCUT2D eigenvalue weighted by atomic mass is 19.1. The number of hydrogen-bond donors (Lipinski definition) is 0. The van der Waals surface area contributed by atoms with E-state index in [9.17, 15) is 9.18 Å². The summed E-state index contributed by atoms with van der Waals surface area (Å²) >= 11 is 0. The third kappa shape index (κ3) is 4.21. The summed E-state index contributed by atoms with van der Waals surface area (Å²) in [6, 6.07) is 20.5. The molecular formula is C27H26FN3O2. The number of ether oxygens (including phenoxy) is 1. The van der Waals surface area contributed by atoms with Gasteiger partial charge in [0.25, 0.3) is 0 Å². The van der Waals surface area contributed by atoms with Gasteiger partial charge in [-0.2, -0.15) is 0 Å². The minimum atomic E-state index is -0.387. The molecule has 5 nitrogen and oxygen atoms in total. The first-order valence-corrected chi connectivity index (χ1v) is 11.2. The number of nitrogens with zero attached hydrogens (tertiary/aromatic N) is 3. The van der Waals surface area contributed by atoms with E-state index in [1.54, 1.807) is 18.2 Å². The van der Waals surface area contributed by atoms with E-state index in [0.717, 1.165) is 33.7 Å². The van der Waals surface area contributed by atoms with Gasteiger partial charge in [0.05, 0.1) is 23.3 Å². The van der Waals surface area contributed by atoms with Crippen LogP contribution >= 0.6 is 0 Å². The predicted molar refractivity (Wildman–Crippen MR) is 127 cm³/mol. The number of fused-ring (bicyclic) bond motifs is 1. The second-order valence-electron chi connectivity index (χ2n) is 8.64. The van der Waals surface area contributed by atoms with Gasteiger partial charge < -0.3 is 14.2 Å². The van der Waals surface area contributed by atoms with Crippen LogP contribution in [-0.4, -0.2) is 28.6 Å². The first-order valence-electron chi connectivity index (χ1n) is 11.2. The van der Waals surface area contributed by atoms with Crippen LogP contribution in [0.2, 0.25) is 0 Å². The van der Waals surface area contributed by atoms with Crippen molar-refractivity contribution in [1.82, 2.24) is 9.55 Å². The lowest BCUT2D eigenvalue weighted by molar-refractivity contribution is -0.117. The first kappa shape index (κ1) is 21.2. The number of para-hydroxylation sites is 3. The van der Waals surface area contributed by atoms with Crippen molar-refractivity contribution in [1.29, 1.82) is 0 Å². The van der Waals surface area contributed by atoms with E-state index < -0.39 is 0 Å². The highest BCUT2D eigenvalue weighted by Gasteiger charge is 2.35. The molecule has 1 fully saturated rings. The summed E-state index contributed by atoms with van der Waals surface area (Å²) in [6.07, 6.45) is 0.301. The van der Waals surface area contributed by atoms with E-state index in [2.05, 4.69) is 24.5 Å². The van der Waals surface area contributed by atoms with Crippen LogP contribution in [0.5, 0.6) is 5.75 Å². The Morgan fingerprint density at radius 2 is 1.76 bits per heavy atom. The van der Waals surface area contributed by atoms with Gasteiger partial charge in [0.2, 0.25) is 5.91 Å². The summed E-state index contributed by atoms with van der Waals surface area (Å²) in [7, 11) is 0. The maximum atomic E-state index is 14.3. The van der Waals surface area contributed by atoms with Crippen molar-refractivity contribution in [2.75, 3.05) is 18.1 Å². The number of amides is 1. The molecular weight excluding hydrogens is 417 g/mol. The smallest absolute Gasteiger partial charge is 0.227 e. The number of halogens is 1. The number of imidazole rings is 1. The van der Waals surface area contributed by atoms with Crippen LogP contribution in [0.1, 0.15) is 29.3 Å². The predicted octanol–water partition coefficient (Wildman–Crippen LogP) is 5.39. The van der Waals surface area contributed by atoms with Crippen LogP contribution in [0.25, 0.3) is 11.0 Å². The van der Waals surface area contributed by atoms with Crippen LogP contribution in [0.4, 0.5) is 10.1 Å². The van der Waals surface area contributed by atoms with Crippen molar-refractivity contribution in [3.8, 4) is 5.75 Å². The Labute approximate surface area is 192 Å². The van der Waals surface area contributed by atoms with Gasteiger partial charge in [-0.15, -0.1) is 0 Å². The Bertz CT molecular complexity index is 1310. The molecule has 0 saturated carbocycles.